The van der Waals surface area contributed by atoms with Gasteiger partial charge in [0.25, 0.3) is 0 Å². The van der Waals surface area contributed by atoms with E-state index >= 15 is 0 Å². The van der Waals surface area contributed by atoms with E-state index in [2.05, 4.69) is 19.2 Å². The molecule has 0 aliphatic carbocycles. The Labute approximate surface area is 102 Å². The fourth-order valence-corrected chi connectivity index (χ4v) is 2.27. The molecule has 2 rings (SSSR count). The standard InChI is InChI=1S/C13H20N2O2/c1-10-4-5-11(17-10)8-12(16)15-7-6-14-9-13(15,2)3/h4-5,14H,6-9H2,1-3H3. The van der Waals surface area contributed by atoms with E-state index < -0.39 is 0 Å². The zero-order valence-corrected chi connectivity index (χ0v) is 10.7. The fraction of sp³-hybridized carbons (Fsp3) is 0.615. The topological polar surface area (TPSA) is 45.5 Å². The zero-order chi connectivity index (χ0) is 12.5. The van der Waals surface area contributed by atoms with E-state index in [-0.39, 0.29) is 11.4 Å². The predicted molar refractivity (Wildman–Crippen MR) is 65.8 cm³/mol. The van der Waals surface area contributed by atoms with Gasteiger partial charge in [-0.15, -0.1) is 0 Å². The number of carbonyl (C=O) groups excluding carboxylic acids is 1. The summed E-state index contributed by atoms with van der Waals surface area (Å²) in [4.78, 5) is 14.2. The summed E-state index contributed by atoms with van der Waals surface area (Å²) >= 11 is 0. The molecular formula is C13H20N2O2. The van der Waals surface area contributed by atoms with Crippen LogP contribution in [0.25, 0.3) is 0 Å². The van der Waals surface area contributed by atoms with Crippen LogP contribution in [0.15, 0.2) is 16.5 Å². The van der Waals surface area contributed by atoms with Gasteiger partial charge in [-0.3, -0.25) is 4.79 Å². The number of amides is 1. The highest BCUT2D eigenvalue weighted by Gasteiger charge is 2.33. The van der Waals surface area contributed by atoms with Crippen molar-refractivity contribution in [1.82, 2.24) is 10.2 Å². The molecule has 0 bridgehead atoms. The van der Waals surface area contributed by atoms with Crippen LogP contribution in [-0.2, 0) is 11.2 Å². The highest BCUT2D eigenvalue weighted by Crippen LogP contribution is 2.18. The predicted octanol–water partition coefficient (Wildman–Crippen LogP) is 1.34. The number of hydrogen-bond acceptors (Lipinski definition) is 3. The van der Waals surface area contributed by atoms with Gasteiger partial charge in [0.15, 0.2) is 0 Å². The maximum absolute atomic E-state index is 12.2. The van der Waals surface area contributed by atoms with E-state index in [0.717, 1.165) is 31.2 Å². The van der Waals surface area contributed by atoms with Gasteiger partial charge in [0.1, 0.15) is 11.5 Å². The lowest BCUT2D eigenvalue weighted by molar-refractivity contribution is -0.137. The van der Waals surface area contributed by atoms with E-state index in [9.17, 15) is 4.79 Å². The second-order valence-electron chi connectivity index (χ2n) is 5.22. The summed E-state index contributed by atoms with van der Waals surface area (Å²) in [5.74, 6) is 1.75. The number of nitrogens with one attached hydrogen (secondary N) is 1. The summed E-state index contributed by atoms with van der Waals surface area (Å²) in [7, 11) is 0. The molecule has 1 fully saturated rings. The average Bonchev–Trinajstić information content (AvgIpc) is 2.63. The number of aryl methyl sites for hydroxylation is 1. The number of nitrogens with zero attached hydrogens (tertiary/aromatic N) is 1. The third-order valence-corrected chi connectivity index (χ3v) is 3.22. The highest BCUT2D eigenvalue weighted by molar-refractivity contribution is 5.79. The summed E-state index contributed by atoms with van der Waals surface area (Å²) in [5, 5.41) is 3.31. The first-order valence-electron chi connectivity index (χ1n) is 6.05. The highest BCUT2D eigenvalue weighted by atomic mass is 16.3. The summed E-state index contributed by atoms with van der Waals surface area (Å²) in [6.07, 6.45) is 0.358. The minimum atomic E-state index is -0.114. The number of rotatable bonds is 2. The third kappa shape index (κ3) is 2.69. The second-order valence-corrected chi connectivity index (χ2v) is 5.22. The van der Waals surface area contributed by atoms with Crippen molar-refractivity contribution < 1.29 is 9.21 Å². The molecule has 0 atom stereocenters. The van der Waals surface area contributed by atoms with Gasteiger partial charge in [-0.05, 0) is 32.9 Å². The van der Waals surface area contributed by atoms with Crippen molar-refractivity contribution in [2.75, 3.05) is 19.6 Å². The first kappa shape index (κ1) is 12.2. The lowest BCUT2D eigenvalue weighted by Crippen LogP contribution is -2.60. The van der Waals surface area contributed by atoms with E-state index in [1.165, 1.54) is 0 Å². The Morgan fingerprint density at radius 1 is 1.53 bits per heavy atom. The van der Waals surface area contributed by atoms with Gasteiger partial charge in [0.2, 0.25) is 5.91 Å². The molecule has 0 unspecified atom stereocenters. The summed E-state index contributed by atoms with van der Waals surface area (Å²) in [5.41, 5.74) is -0.114. The van der Waals surface area contributed by atoms with Crippen LogP contribution < -0.4 is 5.32 Å². The van der Waals surface area contributed by atoms with Gasteiger partial charge >= 0.3 is 0 Å². The van der Waals surface area contributed by atoms with Crippen LogP contribution >= 0.6 is 0 Å². The molecule has 1 saturated heterocycles. The molecule has 1 amide bonds. The Morgan fingerprint density at radius 3 is 2.88 bits per heavy atom. The van der Waals surface area contributed by atoms with Crippen molar-refractivity contribution in [3.63, 3.8) is 0 Å². The van der Waals surface area contributed by atoms with Gasteiger partial charge in [-0.1, -0.05) is 0 Å². The van der Waals surface area contributed by atoms with Gasteiger partial charge < -0.3 is 14.6 Å². The van der Waals surface area contributed by atoms with Gasteiger partial charge in [0, 0.05) is 25.2 Å². The maximum Gasteiger partial charge on any atom is 0.230 e. The Hall–Kier alpha value is -1.29. The molecule has 94 valence electrons. The van der Waals surface area contributed by atoms with E-state index in [0.29, 0.717) is 6.42 Å². The van der Waals surface area contributed by atoms with Gasteiger partial charge in [-0.2, -0.15) is 0 Å². The van der Waals surface area contributed by atoms with Crippen LogP contribution in [0.1, 0.15) is 25.4 Å². The quantitative estimate of drug-likeness (QED) is 0.843. The molecule has 4 nitrogen and oxygen atoms in total. The number of piperazine rings is 1. The molecule has 4 heteroatoms. The number of furan rings is 1. The first-order chi connectivity index (χ1) is 7.99. The van der Waals surface area contributed by atoms with Crippen molar-refractivity contribution in [1.29, 1.82) is 0 Å². The van der Waals surface area contributed by atoms with Crippen LogP contribution in [0.3, 0.4) is 0 Å². The smallest absolute Gasteiger partial charge is 0.230 e. The van der Waals surface area contributed by atoms with E-state index in [1.54, 1.807) is 0 Å². The van der Waals surface area contributed by atoms with Crippen molar-refractivity contribution in [3.05, 3.63) is 23.7 Å². The average molecular weight is 236 g/mol. The Kier molecular flexibility index (Phi) is 3.24. The van der Waals surface area contributed by atoms with Crippen molar-refractivity contribution in [2.24, 2.45) is 0 Å². The molecule has 2 heterocycles. The Morgan fingerprint density at radius 2 is 2.29 bits per heavy atom. The fourth-order valence-electron chi connectivity index (χ4n) is 2.27. The van der Waals surface area contributed by atoms with Crippen LogP contribution in [0, 0.1) is 6.92 Å². The SMILES string of the molecule is Cc1ccc(CC(=O)N2CCNCC2(C)C)o1. The van der Waals surface area contributed by atoms with Crippen LogP contribution in [0.4, 0.5) is 0 Å². The summed E-state index contributed by atoms with van der Waals surface area (Å²) in [6, 6.07) is 3.77. The minimum absolute atomic E-state index is 0.114. The largest absolute Gasteiger partial charge is 0.466 e. The van der Waals surface area contributed by atoms with Crippen LogP contribution in [0.5, 0.6) is 0 Å². The third-order valence-electron chi connectivity index (χ3n) is 3.22. The molecule has 0 spiro atoms. The van der Waals surface area contributed by atoms with Crippen molar-refractivity contribution in [2.45, 2.75) is 32.7 Å². The Balaban J connectivity index is 2.04. The van der Waals surface area contributed by atoms with Gasteiger partial charge in [0.05, 0.1) is 6.42 Å². The molecule has 0 radical (unpaired) electrons. The first-order valence-corrected chi connectivity index (χ1v) is 6.05. The number of carbonyl (C=O) groups is 1. The molecule has 1 aliphatic rings. The summed E-state index contributed by atoms with van der Waals surface area (Å²) < 4.78 is 5.45. The van der Waals surface area contributed by atoms with E-state index in [1.807, 2.05) is 24.0 Å². The molecule has 17 heavy (non-hydrogen) atoms. The van der Waals surface area contributed by atoms with Crippen molar-refractivity contribution >= 4 is 5.91 Å². The Bertz CT molecular complexity index is 409. The minimum Gasteiger partial charge on any atom is -0.466 e. The van der Waals surface area contributed by atoms with Gasteiger partial charge in [-0.25, -0.2) is 0 Å². The molecular weight excluding hydrogens is 216 g/mol. The zero-order valence-electron chi connectivity index (χ0n) is 10.7. The van der Waals surface area contributed by atoms with Crippen LogP contribution in [0.2, 0.25) is 0 Å². The molecule has 0 saturated carbocycles. The number of hydrogen-bond donors (Lipinski definition) is 1. The summed E-state index contributed by atoms with van der Waals surface area (Å²) in [6.45, 7) is 8.55. The van der Waals surface area contributed by atoms with Crippen molar-refractivity contribution in [3.8, 4) is 0 Å². The molecule has 1 aromatic heterocycles. The second kappa shape index (κ2) is 4.53. The lowest BCUT2D eigenvalue weighted by atomic mass is 9.99. The van der Waals surface area contributed by atoms with E-state index in [4.69, 9.17) is 4.42 Å². The normalized spacial score (nSPS) is 19.4. The molecule has 0 aromatic carbocycles. The molecule has 1 aliphatic heterocycles. The maximum atomic E-state index is 12.2. The monoisotopic (exact) mass is 236 g/mol. The lowest BCUT2D eigenvalue weighted by Gasteiger charge is -2.42. The van der Waals surface area contributed by atoms with Crippen LogP contribution in [-0.4, -0.2) is 36.0 Å². The molecule has 1 aromatic rings. The molecule has 1 N–H and O–H groups in total.